The van der Waals surface area contributed by atoms with Gasteiger partial charge in [-0.3, -0.25) is 23.5 Å². The number of benzene rings is 1. The van der Waals surface area contributed by atoms with E-state index >= 15 is 0 Å². The summed E-state index contributed by atoms with van der Waals surface area (Å²) in [6, 6.07) is 6.76. The first-order valence-electron chi connectivity index (χ1n) is 8.23. The summed E-state index contributed by atoms with van der Waals surface area (Å²) in [6.07, 6.45) is 2.12. The fourth-order valence-corrected chi connectivity index (χ4v) is 2.51. The number of aromatic nitrogens is 2. The average molecular weight is 413 g/mol. The highest BCUT2D eigenvalue weighted by atomic mass is 35.5. The van der Waals surface area contributed by atoms with E-state index in [1.54, 1.807) is 24.3 Å². The molecule has 148 valence electrons. The van der Waals surface area contributed by atoms with E-state index in [4.69, 9.17) is 11.6 Å². The van der Waals surface area contributed by atoms with Crippen molar-refractivity contribution in [2.75, 3.05) is 10.6 Å². The number of rotatable bonds is 5. The second-order valence-electron chi connectivity index (χ2n) is 5.67. The Labute approximate surface area is 171 Å². The summed E-state index contributed by atoms with van der Waals surface area (Å²) < 4.78 is 1.87. The lowest BCUT2D eigenvalue weighted by Crippen LogP contribution is -2.40. The van der Waals surface area contributed by atoms with E-state index in [-0.39, 0.29) is 23.3 Å². The van der Waals surface area contributed by atoms with E-state index < -0.39 is 17.2 Å². The van der Waals surface area contributed by atoms with Crippen LogP contribution in [-0.4, -0.2) is 20.9 Å². The molecule has 1 aromatic heterocycles. The van der Waals surface area contributed by atoms with Crippen molar-refractivity contribution < 1.29 is 9.59 Å². The zero-order valence-electron chi connectivity index (χ0n) is 15.5. The van der Waals surface area contributed by atoms with Gasteiger partial charge in [0.15, 0.2) is 0 Å². The Morgan fingerprint density at radius 2 is 1.83 bits per heavy atom. The quantitative estimate of drug-likeness (QED) is 0.441. The zero-order valence-corrected chi connectivity index (χ0v) is 16.2. The average Bonchev–Trinajstić information content (AvgIpc) is 2.72. The van der Waals surface area contributed by atoms with E-state index in [1.807, 2.05) is 0 Å². The molecule has 0 aliphatic rings. The molecule has 2 amide bonds. The van der Waals surface area contributed by atoms with Crippen molar-refractivity contribution in [2.24, 2.45) is 7.05 Å². The van der Waals surface area contributed by atoms with E-state index in [1.165, 1.54) is 7.05 Å². The molecule has 9 heteroatoms. The van der Waals surface area contributed by atoms with Crippen LogP contribution in [0.25, 0.3) is 0 Å². The van der Waals surface area contributed by atoms with Gasteiger partial charge >= 0.3 is 5.69 Å². The van der Waals surface area contributed by atoms with Gasteiger partial charge in [0.1, 0.15) is 10.8 Å². The van der Waals surface area contributed by atoms with Gasteiger partial charge in [-0.25, -0.2) is 4.79 Å². The Morgan fingerprint density at radius 3 is 2.48 bits per heavy atom. The highest BCUT2D eigenvalue weighted by molar-refractivity contribution is 6.32. The number of anilines is 2. The Morgan fingerprint density at radius 1 is 1.17 bits per heavy atom. The molecule has 8 nitrogen and oxygen atoms in total. The summed E-state index contributed by atoms with van der Waals surface area (Å²) in [6.45, 7) is 6.55. The van der Waals surface area contributed by atoms with Crippen LogP contribution in [0.4, 0.5) is 11.4 Å². The number of hydrogen-bond acceptors (Lipinski definition) is 4. The van der Waals surface area contributed by atoms with Gasteiger partial charge in [0.2, 0.25) is 11.8 Å². The molecule has 0 saturated carbocycles. The van der Waals surface area contributed by atoms with Crippen LogP contribution in [0.2, 0.25) is 5.15 Å². The van der Waals surface area contributed by atoms with Gasteiger partial charge in [-0.05, 0) is 30.4 Å². The minimum Gasteiger partial charge on any atom is -0.322 e. The van der Waals surface area contributed by atoms with Crippen molar-refractivity contribution in [1.82, 2.24) is 9.13 Å². The summed E-state index contributed by atoms with van der Waals surface area (Å²) in [5, 5.41) is 4.67. The number of carbonyl (C=O) groups excluding carboxylic acids is 2. The van der Waals surface area contributed by atoms with Crippen LogP contribution in [0.15, 0.2) is 59.2 Å². The second-order valence-corrected chi connectivity index (χ2v) is 6.03. The summed E-state index contributed by atoms with van der Waals surface area (Å²) >= 11 is 6.15. The number of carbonyl (C=O) groups is 2. The van der Waals surface area contributed by atoms with Gasteiger partial charge in [-0.2, -0.15) is 0 Å². The highest BCUT2D eigenvalue weighted by Crippen LogP contribution is 2.15. The number of nitrogens with zero attached hydrogens (tertiary/aromatic N) is 2. The molecular formula is C20H17ClN4O4. The first kappa shape index (κ1) is 21.5. The van der Waals surface area contributed by atoms with Crippen LogP contribution in [0.3, 0.4) is 0 Å². The summed E-state index contributed by atoms with van der Waals surface area (Å²) in [5.74, 6) is 4.64. The minimum atomic E-state index is -0.745. The van der Waals surface area contributed by atoms with Gasteiger partial charge in [0.05, 0.1) is 6.54 Å². The number of hydrogen-bond donors (Lipinski definition) is 2. The normalized spacial score (nSPS) is 9.72. The van der Waals surface area contributed by atoms with E-state index in [0.29, 0.717) is 11.3 Å². The van der Waals surface area contributed by atoms with Crippen LogP contribution >= 0.6 is 11.6 Å². The first-order valence-corrected chi connectivity index (χ1v) is 8.61. The maximum atomic E-state index is 12.4. The third-order valence-electron chi connectivity index (χ3n) is 3.70. The van der Waals surface area contributed by atoms with E-state index in [9.17, 15) is 19.2 Å². The molecule has 2 N–H and O–H groups in total. The molecule has 0 bridgehead atoms. The lowest BCUT2D eigenvalue weighted by molar-refractivity contribution is -0.112. The van der Waals surface area contributed by atoms with Crippen molar-refractivity contribution in [3.8, 4) is 11.8 Å². The van der Waals surface area contributed by atoms with Crippen LogP contribution in [-0.2, 0) is 23.2 Å². The van der Waals surface area contributed by atoms with Gasteiger partial charge in [0.25, 0.3) is 5.56 Å². The third kappa shape index (κ3) is 5.12. The molecule has 0 aliphatic heterocycles. The van der Waals surface area contributed by atoms with Crippen LogP contribution in [0, 0.1) is 11.8 Å². The van der Waals surface area contributed by atoms with Gasteiger partial charge in [-0.15, -0.1) is 0 Å². The predicted molar refractivity (Wildman–Crippen MR) is 112 cm³/mol. The molecule has 0 aliphatic carbocycles. The molecule has 0 spiro atoms. The van der Waals surface area contributed by atoms with Gasteiger partial charge in [-0.1, -0.05) is 42.7 Å². The fourth-order valence-electron chi connectivity index (χ4n) is 2.25. The molecule has 1 aromatic carbocycles. The van der Waals surface area contributed by atoms with Crippen molar-refractivity contribution in [3.63, 3.8) is 0 Å². The monoisotopic (exact) mass is 412 g/mol. The van der Waals surface area contributed by atoms with Gasteiger partial charge < -0.3 is 10.6 Å². The summed E-state index contributed by atoms with van der Waals surface area (Å²) in [4.78, 5) is 47.5. The third-order valence-corrected chi connectivity index (χ3v) is 4.09. The molecule has 2 aromatic rings. The topological polar surface area (TPSA) is 102 Å². The van der Waals surface area contributed by atoms with Crippen molar-refractivity contribution in [1.29, 1.82) is 0 Å². The van der Waals surface area contributed by atoms with E-state index in [0.717, 1.165) is 21.3 Å². The number of nitrogens with one attached hydrogen (secondary N) is 2. The van der Waals surface area contributed by atoms with E-state index in [2.05, 4.69) is 35.6 Å². The van der Waals surface area contributed by atoms with Crippen molar-refractivity contribution in [3.05, 3.63) is 81.1 Å². The number of amides is 2. The van der Waals surface area contributed by atoms with Crippen LogP contribution in [0.1, 0.15) is 5.56 Å². The molecule has 1 heterocycles. The molecule has 29 heavy (non-hydrogen) atoms. The Kier molecular flexibility index (Phi) is 6.95. The minimum absolute atomic E-state index is 0.133. The second kappa shape index (κ2) is 9.39. The largest absolute Gasteiger partial charge is 0.332 e. The smallest absolute Gasteiger partial charge is 0.322 e. The van der Waals surface area contributed by atoms with Crippen molar-refractivity contribution in [2.45, 2.75) is 6.54 Å². The molecular weight excluding hydrogens is 396 g/mol. The SMILES string of the molecule is C=CC(=O)Nc1cccc(C#CCn2c(Cl)c(NC(=O)C=C)c(=O)n(C)c2=O)c1. The molecule has 0 fully saturated rings. The molecule has 0 radical (unpaired) electrons. The molecule has 2 rings (SSSR count). The summed E-state index contributed by atoms with van der Waals surface area (Å²) in [5.41, 5.74) is -0.549. The highest BCUT2D eigenvalue weighted by Gasteiger charge is 2.16. The predicted octanol–water partition coefficient (Wildman–Crippen LogP) is 1.50. The Hall–Kier alpha value is -3.83. The lowest BCUT2D eigenvalue weighted by atomic mass is 10.2. The molecule has 0 atom stereocenters. The Balaban J connectivity index is 2.36. The van der Waals surface area contributed by atoms with Crippen LogP contribution < -0.4 is 21.9 Å². The lowest BCUT2D eigenvalue weighted by Gasteiger charge is -2.12. The first-order chi connectivity index (χ1) is 13.8. The van der Waals surface area contributed by atoms with Gasteiger partial charge in [0, 0.05) is 18.3 Å². The summed E-state index contributed by atoms with van der Waals surface area (Å²) in [7, 11) is 1.26. The van der Waals surface area contributed by atoms with Crippen molar-refractivity contribution >= 4 is 34.8 Å². The Bertz CT molecular complexity index is 1180. The maximum absolute atomic E-state index is 12.4. The van der Waals surface area contributed by atoms with Crippen LogP contribution in [0.5, 0.6) is 0 Å². The fraction of sp³-hybridized carbons (Fsp3) is 0.100. The standard InChI is InChI=1S/C20H17ClN4O4/c1-4-15(26)22-14-10-6-8-13(12-14)9-7-11-25-18(21)17(23-16(27)5-2)19(28)24(3)20(25)29/h4-6,8,10,12H,1-2,11H2,3H3,(H,22,26)(H,23,27). The maximum Gasteiger partial charge on any atom is 0.332 e. The molecule has 0 saturated heterocycles. The zero-order chi connectivity index (χ0) is 21.6. The molecule has 0 unspecified atom stereocenters. The number of halogens is 1.